The van der Waals surface area contributed by atoms with Crippen LogP contribution >= 0.6 is 36.2 Å². The van der Waals surface area contributed by atoms with Crippen molar-refractivity contribution in [3.8, 4) is 0 Å². The van der Waals surface area contributed by atoms with E-state index in [1.165, 1.54) is 0 Å². The van der Waals surface area contributed by atoms with E-state index in [2.05, 4.69) is 13.8 Å². The molecule has 1 nitrogen and oxygen atoms in total. The Morgan fingerprint density at radius 2 is 2.10 bits per heavy atom. The van der Waals surface area contributed by atoms with E-state index in [1.54, 1.807) is 11.8 Å². The Balaban J connectivity index is 2.72. The molecule has 0 radical (unpaired) electrons. The Morgan fingerprint density at radius 3 is 2.30 bits per heavy atom. The molecule has 1 heterocycles. The van der Waals surface area contributed by atoms with Crippen LogP contribution in [0.4, 0.5) is 0 Å². The molecule has 10 heavy (non-hydrogen) atoms. The summed E-state index contributed by atoms with van der Waals surface area (Å²) in [6.07, 6.45) is 0. The van der Waals surface area contributed by atoms with E-state index >= 15 is 0 Å². The minimum Gasteiger partial charge on any atom is -0.318 e. The minimum atomic E-state index is 0.426. The molecule has 0 aromatic heterocycles. The van der Waals surface area contributed by atoms with Crippen LogP contribution in [0.15, 0.2) is 0 Å². The summed E-state index contributed by atoms with van der Waals surface area (Å²) in [7, 11) is 0. The maximum Gasteiger partial charge on any atom is 0.141 e. The molecule has 0 aromatic carbocycles. The number of rotatable bonds is 1. The summed E-state index contributed by atoms with van der Waals surface area (Å²) in [6, 6.07) is 0.426. The Hall–Kier alpha value is 0.330. The van der Waals surface area contributed by atoms with Gasteiger partial charge in [-0.15, -0.1) is 0 Å². The van der Waals surface area contributed by atoms with Gasteiger partial charge in [0, 0.05) is 6.04 Å². The van der Waals surface area contributed by atoms with Crippen molar-refractivity contribution in [1.29, 1.82) is 0 Å². The molecular formula is C6H9NS3. The predicted octanol–water partition coefficient (Wildman–Crippen LogP) is 2.06. The number of hydrogen-bond donors (Lipinski definition) is 0. The van der Waals surface area contributed by atoms with Gasteiger partial charge >= 0.3 is 0 Å². The van der Waals surface area contributed by atoms with Gasteiger partial charge in [-0.2, -0.15) is 0 Å². The smallest absolute Gasteiger partial charge is 0.141 e. The average Bonchev–Trinajstić information content (AvgIpc) is 2.11. The second kappa shape index (κ2) is 3.15. The van der Waals surface area contributed by atoms with Crippen LogP contribution in [0.25, 0.3) is 0 Å². The molecule has 0 amide bonds. The van der Waals surface area contributed by atoms with E-state index in [0.717, 1.165) is 15.1 Å². The Bertz CT molecular complexity index is 160. The molecular weight excluding hydrogens is 182 g/mol. The molecule has 4 heteroatoms. The molecule has 1 aliphatic heterocycles. The molecule has 1 aliphatic rings. The molecule has 1 saturated heterocycles. The van der Waals surface area contributed by atoms with E-state index in [0.29, 0.717) is 6.04 Å². The van der Waals surface area contributed by atoms with Gasteiger partial charge in [-0.1, -0.05) is 36.2 Å². The summed E-state index contributed by atoms with van der Waals surface area (Å²) in [4.78, 5) is 3.01. The second-order valence-corrected chi connectivity index (χ2v) is 4.49. The number of thioether (sulfide) groups is 1. The monoisotopic (exact) mass is 191 g/mol. The predicted molar refractivity (Wildman–Crippen MR) is 54.6 cm³/mol. The van der Waals surface area contributed by atoms with E-state index in [-0.39, 0.29) is 0 Å². The van der Waals surface area contributed by atoms with Crippen LogP contribution in [0.3, 0.4) is 0 Å². The first-order chi connectivity index (χ1) is 4.63. The van der Waals surface area contributed by atoms with Crippen molar-refractivity contribution in [2.24, 2.45) is 0 Å². The van der Waals surface area contributed by atoms with Gasteiger partial charge in [0.15, 0.2) is 0 Å². The highest BCUT2D eigenvalue weighted by molar-refractivity contribution is 8.24. The van der Waals surface area contributed by atoms with E-state index in [1.807, 2.05) is 4.90 Å². The zero-order chi connectivity index (χ0) is 7.72. The van der Waals surface area contributed by atoms with Crippen LogP contribution in [0.1, 0.15) is 13.8 Å². The molecule has 0 N–H and O–H groups in total. The minimum absolute atomic E-state index is 0.426. The fourth-order valence-corrected chi connectivity index (χ4v) is 2.80. The van der Waals surface area contributed by atoms with Crippen molar-refractivity contribution in [2.45, 2.75) is 19.9 Å². The van der Waals surface area contributed by atoms with Gasteiger partial charge in [0.2, 0.25) is 0 Å². The largest absolute Gasteiger partial charge is 0.318 e. The lowest BCUT2D eigenvalue weighted by Gasteiger charge is -2.21. The van der Waals surface area contributed by atoms with Crippen LogP contribution in [0.2, 0.25) is 0 Å². The van der Waals surface area contributed by atoms with E-state index in [4.69, 9.17) is 24.4 Å². The number of thiocarbonyl (C=S) groups is 2. The van der Waals surface area contributed by atoms with Crippen molar-refractivity contribution < 1.29 is 0 Å². The van der Waals surface area contributed by atoms with Crippen LogP contribution in [0, 0.1) is 0 Å². The fraction of sp³-hybridized carbons (Fsp3) is 0.667. The van der Waals surface area contributed by atoms with E-state index in [9.17, 15) is 0 Å². The highest BCUT2D eigenvalue weighted by Gasteiger charge is 2.24. The standard InChI is InChI=1S/C6H9NS3/c1-4(2)7-5(8)3-10-6(7)9/h4H,3H2,1-2H3. The van der Waals surface area contributed by atoms with Crippen molar-refractivity contribution in [3.63, 3.8) is 0 Å². The molecule has 1 fully saturated rings. The second-order valence-electron chi connectivity index (χ2n) is 2.41. The molecule has 0 atom stereocenters. The summed E-state index contributed by atoms with van der Waals surface area (Å²) >= 11 is 11.9. The maximum atomic E-state index is 5.11. The van der Waals surface area contributed by atoms with Crippen molar-refractivity contribution >= 4 is 45.5 Å². The molecule has 56 valence electrons. The van der Waals surface area contributed by atoms with Crippen LogP contribution < -0.4 is 0 Å². The molecule has 1 rings (SSSR count). The van der Waals surface area contributed by atoms with Crippen molar-refractivity contribution in [2.75, 3.05) is 5.75 Å². The first-order valence-corrected chi connectivity index (χ1v) is 4.92. The van der Waals surface area contributed by atoms with Gasteiger partial charge in [-0.25, -0.2) is 0 Å². The van der Waals surface area contributed by atoms with Gasteiger partial charge in [0.1, 0.15) is 4.32 Å². The molecule has 0 spiro atoms. The van der Waals surface area contributed by atoms with Gasteiger partial charge < -0.3 is 4.90 Å². The lowest BCUT2D eigenvalue weighted by molar-refractivity contribution is 0.524. The summed E-state index contributed by atoms with van der Waals surface area (Å²) < 4.78 is 0.931. The van der Waals surface area contributed by atoms with Gasteiger partial charge in [-0.05, 0) is 13.8 Å². The van der Waals surface area contributed by atoms with Crippen LogP contribution in [-0.2, 0) is 0 Å². The lowest BCUT2D eigenvalue weighted by Crippen LogP contribution is -2.33. The normalized spacial score (nSPS) is 19.3. The maximum absolute atomic E-state index is 5.11. The number of nitrogens with zero attached hydrogens (tertiary/aromatic N) is 1. The summed E-state index contributed by atoms with van der Waals surface area (Å²) in [6.45, 7) is 4.20. The number of hydrogen-bond acceptors (Lipinski definition) is 3. The lowest BCUT2D eigenvalue weighted by atomic mass is 10.3. The topological polar surface area (TPSA) is 3.24 Å². The third-order valence-electron chi connectivity index (χ3n) is 1.30. The average molecular weight is 191 g/mol. The Morgan fingerprint density at radius 1 is 1.50 bits per heavy atom. The quantitative estimate of drug-likeness (QED) is 0.583. The van der Waals surface area contributed by atoms with Gasteiger partial charge in [0.25, 0.3) is 0 Å². The third kappa shape index (κ3) is 1.49. The highest BCUT2D eigenvalue weighted by atomic mass is 32.2. The zero-order valence-corrected chi connectivity index (χ0v) is 8.41. The summed E-state index contributed by atoms with van der Waals surface area (Å²) in [5.74, 6) is 0.895. The first-order valence-electron chi connectivity index (χ1n) is 3.11. The van der Waals surface area contributed by atoms with Crippen molar-refractivity contribution in [1.82, 2.24) is 4.90 Å². The first kappa shape index (κ1) is 8.43. The van der Waals surface area contributed by atoms with Crippen LogP contribution in [0.5, 0.6) is 0 Å². The molecule has 0 saturated carbocycles. The van der Waals surface area contributed by atoms with Crippen LogP contribution in [-0.4, -0.2) is 26.0 Å². The van der Waals surface area contributed by atoms with Crippen molar-refractivity contribution in [3.05, 3.63) is 0 Å². The molecule has 0 aliphatic carbocycles. The molecule has 0 aromatic rings. The SMILES string of the molecule is CC(C)N1C(=S)CSC1=S. The third-order valence-corrected chi connectivity index (χ3v) is 3.24. The summed E-state index contributed by atoms with van der Waals surface area (Å²) in [5.41, 5.74) is 0. The highest BCUT2D eigenvalue weighted by Crippen LogP contribution is 2.22. The Labute approximate surface area is 76.2 Å². The van der Waals surface area contributed by atoms with Gasteiger partial charge in [-0.3, -0.25) is 0 Å². The fourth-order valence-electron chi connectivity index (χ4n) is 0.863. The van der Waals surface area contributed by atoms with Gasteiger partial charge in [0.05, 0.1) is 10.7 Å². The summed E-state index contributed by atoms with van der Waals surface area (Å²) in [5, 5.41) is 0. The Kier molecular flexibility index (Phi) is 2.66. The molecule has 0 unspecified atom stereocenters. The van der Waals surface area contributed by atoms with E-state index < -0.39 is 0 Å². The molecule has 0 bridgehead atoms. The zero-order valence-electron chi connectivity index (χ0n) is 5.96.